The van der Waals surface area contributed by atoms with E-state index in [1.807, 2.05) is 45.9 Å². The SMILES string of the molecule is CCN(CC)C(=O)c1cnn2c(C(F)F)cc(-c3ccc(C)c(C)c3)nc12. The number of carbonyl (C=O) groups is 1. The van der Waals surface area contributed by atoms with E-state index in [1.165, 1.54) is 12.3 Å². The van der Waals surface area contributed by atoms with Gasteiger partial charge in [0.2, 0.25) is 0 Å². The van der Waals surface area contributed by atoms with Gasteiger partial charge in [-0.05, 0) is 51.0 Å². The highest BCUT2D eigenvalue weighted by molar-refractivity contribution is 5.99. The van der Waals surface area contributed by atoms with Crippen molar-refractivity contribution in [1.82, 2.24) is 19.5 Å². The fraction of sp³-hybridized carbons (Fsp3) is 0.350. The largest absolute Gasteiger partial charge is 0.339 e. The molecule has 0 saturated carbocycles. The van der Waals surface area contributed by atoms with Crippen LogP contribution in [-0.4, -0.2) is 38.5 Å². The highest BCUT2D eigenvalue weighted by atomic mass is 19.3. The van der Waals surface area contributed by atoms with E-state index in [4.69, 9.17) is 0 Å². The maximum Gasteiger partial charge on any atom is 0.280 e. The van der Waals surface area contributed by atoms with Gasteiger partial charge in [0.25, 0.3) is 12.3 Å². The van der Waals surface area contributed by atoms with Gasteiger partial charge in [0, 0.05) is 18.7 Å². The third kappa shape index (κ3) is 3.41. The van der Waals surface area contributed by atoms with E-state index >= 15 is 0 Å². The van der Waals surface area contributed by atoms with Crippen molar-refractivity contribution in [3.63, 3.8) is 0 Å². The molecule has 0 radical (unpaired) electrons. The standard InChI is InChI=1S/C20H22F2N4O/c1-5-25(6-2)20(27)15-11-23-26-17(18(21)22)10-16(24-19(15)26)14-8-7-12(3)13(4)9-14/h7-11,18H,5-6H2,1-4H3. The zero-order valence-electron chi connectivity index (χ0n) is 15.8. The van der Waals surface area contributed by atoms with E-state index < -0.39 is 6.43 Å². The van der Waals surface area contributed by atoms with Crippen LogP contribution in [0.2, 0.25) is 0 Å². The molecule has 142 valence electrons. The maximum atomic E-state index is 13.7. The van der Waals surface area contributed by atoms with Gasteiger partial charge in [-0.3, -0.25) is 4.79 Å². The molecule has 0 spiro atoms. The summed E-state index contributed by atoms with van der Waals surface area (Å²) in [5.41, 5.74) is 3.37. The number of benzene rings is 1. The second-order valence-electron chi connectivity index (χ2n) is 6.44. The molecule has 0 aliphatic rings. The predicted octanol–water partition coefficient (Wildman–Crippen LogP) is 4.43. The molecule has 0 aliphatic carbocycles. The first-order valence-electron chi connectivity index (χ1n) is 8.91. The number of carbonyl (C=O) groups excluding carboxylic acids is 1. The van der Waals surface area contributed by atoms with Gasteiger partial charge in [-0.1, -0.05) is 12.1 Å². The Kier molecular flexibility index (Phi) is 5.21. The van der Waals surface area contributed by atoms with Gasteiger partial charge in [0.15, 0.2) is 5.65 Å². The van der Waals surface area contributed by atoms with Crippen molar-refractivity contribution in [1.29, 1.82) is 0 Å². The first-order valence-corrected chi connectivity index (χ1v) is 8.91. The van der Waals surface area contributed by atoms with E-state index in [0.29, 0.717) is 18.8 Å². The quantitative estimate of drug-likeness (QED) is 0.666. The van der Waals surface area contributed by atoms with Crippen LogP contribution in [0.3, 0.4) is 0 Å². The van der Waals surface area contributed by atoms with Crippen molar-refractivity contribution >= 4 is 11.6 Å². The number of fused-ring (bicyclic) bond motifs is 1. The van der Waals surface area contributed by atoms with Gasteiger partial charge in [-0.2, -0.15) is 5.10 Å². The minimum atomic E-state index is -2.74. The van der Waals surface area contributed by atoms with Gasteiger partial charge in [0.05, 0.1) is 11.9 Å². The van der Waals surface area contributed by atoms with E-state index in [2.05, 4.69) is 10.1 Å². The van der Waals surface area contributed by atoms with Crippen LogP contribution in [0.25, 0.3) is 16.9 Å². The number of halogens is 2. The van der Waals surface area contributed by atoms with Crippen molar-refractivity contribution < 1.29 is 13.6 Å². The molecular formula is C20H22F2N4O. The molecule has 3 rings (SSSR count). The van der Waals surface area contributed by atoms with E-state index in [0.717, 1.165) is 21.2 Å². The molecule has 0 unspecified atom stereocenters. The van der Waals surface area contributed by atoms with E-state index in [1.54, 1.807) is 4.90 Å². The summed E-state index contributed by atoms with van der Waals surface area (Å²) < 4.78 is 28.4. The average molecular weight is 372 g/mol. The van der Waals surface area contributed by atoms with E-state index in [-0.39, 0.29) is 22.8 Å². The topological polar surface area (TPSA) is 50.5 Å². The molecule has 1 amide bonds. The predicted molar refractivity (Wildman–Crippen MR) is 100 cm³/mol. The van der Waals surface area contributed by atoms with Crippen LogP contribution in [0.15, 0.2) is 30.5 Å². The summed E-state index contributed by atoms with van der Waals surface area (Å²) in [6.07, 6.45) is -1.42. The minimum Gasteiger partial charge on any atom is -0.339 e. The molecule has 0 N–H and O–H groups in total. The fourth-order valence-corrected chi connectivity index (χ4v) is 3.02. The molecule has 2 aromatic heterocycles. The van der Waals surface area contributed by atoms with Gasteiger partial charge in [-0.15, -0.1) is 0 Å². The minimum absolute atomic E-state index is 0.151. The van der Waals surface area contributed by atoms with Crippen LogP contribution in [0.1, 0.15) is 47.5 Å². The lowest BCUT2D eigenvalue weighted by Gasteiger charge is -2.17. The van der Waals surface area contributed by atoms with Crippen molar-refractivity contribution in [2.24, 2.45) is 0 Å². The molecule has 27 heavy (non-hydrogen) atoms. The summed E-state index contributed by atoms with van der Waals surface area (Å²) in [7, 11) is 0. The first kappa shape index (κ1) is 18.9. The summed E-state index contributed by atoms with van der Waals surface area (Å²) in [5, 5.41) is 4.01. The Morgan fingerprint density at radius 1 is 1.15 bits per heavy atom. The lowest BCUT2D eigenvalue weighted by Crippen LogP contribution is -2.30. The smallest absolute Gasteiger partial charge is 0.280 e. The van der Waals surface area contributed by atoms with Crippen LogP contribution in [-0.2, 0) is 0 Å². The van der Waals surface area contributed by atoms with Gasteiger partial charge in [0.1, 0.15) is 11.3 Å². The number of rotatable bonds is 5. The summed E-state index contributed by atoms with van der Waals surface area (Å²) in [6, 6.07) is 7.02. The molecule has 1 aromatic carbocycles. The first-order chi connectivity index (χ1) is 12.9. The average Bonchev–Trinajstić information content (AvgIpc) is 3.07. The number of hydrogen-bond acceptors (Lipinski definition) is 3. The van der Waals surface area contributed by atoms with Gasteiger partial charge >= 0.3 is 0 Å². The summed E-state index contributed by atoms with van der Waals surface area (Å²) >= 11 is 0. The van der Waals surface area contributed by atoms with Crippen LogP contribution in [0.4, 0.5) is 8.78 Å². The molecule has 0 bridgehead atoms. The number of amides is 1. The van der Waals surface area contributed by atoms with Crippen LogP contribution in [0.5, 0.6) is 0 Å². The third-order valence-corrected chi connectivity index (χ3v) is 4.81. The van der Waals surface area contributed by atoms with Crippen LogP contribution >= 0.6 is 0 Å². The zero-order valence-corrected chi connectivity index (χ0v) is 15.8. The van der Waals surface area contributed by atoms with Gasteiger partial charge < -0.3 is 4.90 Å². The molecule has 7 heteroatoms. The summed E-state index contributed by atoms with van der Waals surface area (Å²) in [4.78, 5) is 18.9. The van der Waals surface area contributed by atoms with Crippen LogP contribution in [0, 0.1) is 13.8 Å². The van der Waals surface area contributed by atoms with Crippen molar-refractivity contribution in [2.75, 3.05) is 13.1 Å². The number of aromatic nitrogens is 3. The van der Waals surface area contributed by atoms with E-state index in [9.17, 15) is 13.6 Å². The molecule has 5 nitrogen and oxygen atoms in total. The van der Waals surface area contributed by atoms with Crippen LogP contribution < -0.4 is 0 Å². The zero-order chi connectivity index (χ0) is 19.7. The Bertz CT molecular complexity index is 993. The highest BCUT2D eigenvalue weighted by Gasteiger charge is 2.23. The summed E-state index contributed by atoms with van der Waals surface area (Å²) in [6.45, 7) is 8.71. The molecule has 0 fully saturated rings. The number of nitrogens with zero attached hydrogens (tertiary/aromatic N) is 4. The molecular weight excluding hydrogens is 350 g/mol. The number of aryl methyl sites for hydroxylation is 2. The maximum absolute atomic E-state index is 13.7. The number of hydrogen-bond donors (Lipinski definition) is 0. The highest BCUT2D eigenvalue weighted by Crippen LogP contribution is 2.28. The van der Waals surface area contributed by atoms with Crippen molar-refractivity contribution in [3.8, 4) is 11.3 Å². The van der Waals surface area contributed by atoms with Crippen molar-refractivity contribution in [3.05, 3.63) is 52.8 Å². The molecule has 3 aromatic rings. The van der Waals surface area contributed by atoms with Gasteiger partial charge in [-0.25, -0.2) is 18.3 Å². The second kappa shape index (κ2) is 7.42. The third-order valence-electron chi connectivity index (χ3n) is 4.81. The fourth-order valence-electron chi connectivity index (χ4n) is 3.02. The lowest BCUT2D eigenvalue weighted by molar-refractivity contribution is 0.0774. The monoisotopic (exact) mass is 372 g/mol. The normalized spacial score (nSPS) is 11.4. The Morgan fingerprint density at radius 2 is 1.85 bits per heavy atom. The Hall–Kier alpha value is -2.83. The van der Waals surface area contributed by atoms with Crippen molar-refractivity contribution in [2.45, 2.75) is 34.1 Å². The lowest BCUT2D eigenvalue weighted by atomic mass is 10.0. The molecule has 0 atom stereocenters. The molecule has 0 saturated heterocycles. The summed E-state index contributed by atoms with van der Waals surface area (Å²) in [5.74, 6) is -0.264. The molecule has 2 heterocycles. The Labute approximate surface area is 156 Å². The Morgan fingerprint density at radius 3 is 2.44 bits per heavy atom. The Balaban J connectivity index is 2.23. The number of alkyl halides is 2. The molecule has 0 aliphatic heterocycles. The second-order valence-corrected chi connectivity index (χ2v) is 6.44.